The van der Waals surface area contributed by atoms with E-state index in [-0.39, 0.29) is 11.8 Å². The van der Waals surface area contributed by atoms with E-state index >= 15 is 0 Å². The molecule has 0 unspecified atom stereocenters. The van der Waals surface area contributed by atoms with Crippen LogP contribution in [0.15, 0.2) is 42.5 Å². The van der Waals surface area contributed by atoms with Gasteiger partial charge >= 0.3 is 0 Å². The van der Waals surface area contributed by atoms with Crippen molar-refractivity contribution in [3.63, 3.8) is 0 Å². The lowest BCUT2D eigenvalue weighted by Crippen LogP contribution is -2.41. The molecule has 0 saturated carbocycles. The van der Waals surface area contributed by atoms with Crippen LogP contribution in [-0.2, 0) is 22.5 Å². The Morgan fingerprint density at radius 1 is 1.03 bits per heavy atom. The Morgan fingerprint density at radius 3 is 2.58 bits per heavy atom. The molecule has 2 heterocycles. The number of carbonyl (C=O) groups excluding carboxylic acids is 2. The van der Waals surface area contributed by atoms with Gasteiger partial charge in [0.1, 0.15) is 0 Å². The number of nitrogens with zero attached hydrogens (tertiary/aromatic N) is 2. The van der Waals surface area contributed by atoms with Crippen LogP contribution in [-0.4, -0.2) is 62.7 Å². The molecule has 164 valence electrons. The monoisotopic (exact) mass is 422 g/mol. The van der Waals surface area contributed by atoms with Gasteiger partial charge in [-0.3, -0.25) is 14.5 Å². The van der Waals surface area contributed by atoms with Crippen molar-refractivity contribution in [3.8, 4) is 0 Å². The van der Waals surface area contributed by atoms with Crippen LogP contribution in [0.3, 0.4) is 0 Å². The van der Waals surface area contributed by atoms with Crippen molar-refractivity contribution in [2.75, 3.05) is 56.2 Å². The van der Waals surface area contributed by atoms with Crippen LogP contribution in [0, 0.1) is 0 Å². The molecule has 0 atom stereocenters. The first kappa shape index (κ1) is 21.3. The lowest BCUT2D eigenvalue weighted by Gasteiger charge is -2.32. The maximum atomic E-state index is 13.1. The second-order valence-electron chi connectivity index (χ2n) is 8.06. The lowest BCUT2D eigenvalue weighted by atomic mass is 9.98. The van der Waals surface area contributed by atoms with Gasteiger partial charge in [0, 0.05) is 57.6 Å². The Hall–Kier alpha value is -2.90. The Morgan fingerprint density at radius 2 is 1.81 bits per heavy atom. The van der Waals surface area contributed by atoms with Crippen molar-refractivity contribution >= 4 is 23.2 Å². The van der Waals surface area contributed by atoms with E-state index in [9.17, 15) is 9.59 Å². The van der Waals surface area contributed by atoms with E-state index in [1.165, 1.54) is 18.1 Å². The summed E-state index contributed by atoms with van der Waals surface area (Å²) < 4.78 is 5.38. The molecule has 7 nitrogen and oxygen atoms in total. The highest BCUT2D eigenvalue weighted by Gasteiger charge is 2.22. The summed E-state index contributed by atoms with van der Waals surface area (Å²) in [5.41, 5.74) is 4.77. The molecule has 0 spiro atoms. The van der Waals surface area contributed by atoms with Gasteiger partial charge in [-0.15, -0.1) is 0 Å². The van der Waals surface area contributed by atoms with E-state index in [4.69, 9.17) is 4.74 Å². The third-order valence-electron chi connectivity index (χ3n) is 5.85. The number of carbonyl (C=O) groups is 2. The summed E-state index contributed by atoms with van der Waals surface area (Å²) in [5, 5.41) is 5.86. The molecule has 2 aliphatic rings. The average Bonchev–Trinajstić information content (AvgIpc) is 2.79. The van der Waals surface area contributed by atoms with Gasteiger partial charge in [0.05, 0.1) is 18.8 Å². The number of anilines is 2. The fourth-order valence-corrected chi connectivity index (χ4v) is 4.22. The molecule has 2 aromatic carbocycles. The lowest BCUT2D eigenvalue weighted by molar-refractivity contribution is -0.114. The minimum absolute atomic E-state index is 0.116. The van der Waals surface area contributed by atoms with Crippen LogP contribution in [0.4, 0.5) is 11.4 Å². The Kier molecular flexibility index (Phi) is 6.84. The summed E-state index contributed by atoms with van der Waals surface area (Å²) in [5.74, 6) is -0.271. The van der Waals surface area contributed by atoms with Gasteiger partial charge in [-0.25, -0.2) is 0 Å². The van der Waals surface area contributed by atoms with Crippen molar-refractivity contribution in [3.05, 3.63) is 59.2 Å². The summed E-state index contributed by atoms with van der Waals surface area (Å²) in [6.07, 6.45) is 0.946. The zero-order chi connectivity index (χ0) is 21.6. The first-order valence-corrected chi connectivity index (χ1v) is 10.9. The normalized spacial score (nSPS) is 16.5. The minimum atomic E-state index is -0.154. The van der Waals surface area contributed by atoms with Gasteiger partial charge in [0.2, 0.25) is 5.91 Å². The molecule has 4 rings (SSSR count). The number of rotatable bonds is 6. The molecule has 7 heteroatoms. The predicted octanol–water partition coefficient (Wildman–Crippen LogP) is 2.27. The first-order chi connectivity index (χ1) is 15.1. The third-order valence-corrected chi connectivity index (χ3v) is 5.85. The molecule has 1 fully saturated rings. The molecule has 0 aliphatic carbocycles. The summed E-state index contributed by atoms with van der Waals surface area (Å²) in [6, 6.07) is 14.0. The topological polar surface area (TPSA) is 73.9 Å². The van der Waals surface area contributed by atoms with Crippen LogP contribution in [0.25, 0.3) is 0 Å². The Balaban J connectivity index is 1.51. The second kappa shape index (κ2) is 9.94. The zero-order valence-electron chi connectivity index (χ0n) is 18.0. The molecular formula is C24H30N4O3. The van der Waals surface area contributed by atoms with Crippen molar-refractivity contribution in [1.29, 1.82) is 0 Å². The number of benzene rings is 2. The standard InChI is InChI=1S/C24H30N4O3/c1-18(29)26-21-6-7-23(28-10-8-19-4-2-3-5-20(19)17-28)22(16-21)24(30)25-9-11-27-12-14-31-15-13-27/h2-7,16H,8-15,17H2,1H3,(H,25,30)(H,26,29). The highest BCUT2D eigenvalue weighted by molar-refractivity contribution is 6.02. The number of nitrogens with one attached hydrogen (secondary N) is 2. The van der Waals surface area contributed by atoms with Crippen molar-refractivity contribution in [1.82, 2.24) is 10.2 Å². The number of amides is 2. The quantitative estimate of drug-likeness (QED) is 0.747. The van der Waals surface area contributed by atoms with Gasteiger partial charge in [-0.2, -0.15) is 0 Å². The van der Waals surface area contributed by atoms with Gasteiger partial charge in [-0.05, 0) is 35.7 Å². The second-order valence-corrected chi connectivity index (χ2v) is 8.06. The van der Waals surface area contributed by atoms with Crippen LogP contribution in [0.1, 0.15) is 28.4 Å². The van der Waals surface area contributed by atoms with E-state index < -0.39 is 0 Å². The fourth-order valence-electron chi connectivity index (χ4n) is 4.22. The van der Waals surface area contributed by atoms with Crippen molar-refractivity contribution in [2.24, 2.45) is 0 Å². The molecular weight excluding hydrogens is 392 g/mol. The van der Waals surface area contributed by atoms with Gasteiger partial charge in [0.15, 0.2) is 0 Å². The number of hydrogen-bond donors (Lipinski definition) is 2. The highest BCUT2D eigenvalue weighted by Crippen LogP contribution is 2.29. The summed E-state index contributed by atoms with van der Waals surface area (Å²) in [6.45, 7) is 7.74. The van der Waals surface area contributed by atoms with Crippen LogP contribution in [0.5, 0.6) is 0 Å². The molecule has 2 amide bonds. The largest absolute Gasteiger partial charge is 0.379 e. The van der Waals surface area contributed by atoms with Gasteiger partial charge in [-0.1, -0.05) is 24.3 Å². The maximum absolute atomic E-state index is 13.1. The Labute approximate surface area is 183 Å². The van der Waals surface area contributed by atoms with E-state index in [1.807, 2.05) is 12.1 Å². The number of fused-ring (bicyclic) bond motifs is 1. The van der Waals surface area contributed by atoms with Crippen molar-refractivity contribution < 1.29 is 14.3 Å². The highest BCUT2D eigenvalue weighted by atomic mass is 16.5. The maximum Gasteiger partial charge on any atom is 0.253 e. The van der Waals surface area contributed by atoms with E-state index in [2.05, 4.69) is 44.7 Å². The molecule has 2 aliphatic heterocycles. The number of hydrogen-bond acceptors (Lipinski definition) is 5. The summed E-state index contributed by atoms with van der Waals surface area (Å²) in [4.78, 5) is 29.2. The molecule has 31 heavy (non-hydrogen) atoms. The predicted molar refractivity (Wildman–Crippen MR) is 122 cm³/mol. The molecule has 0 aromatic heterocycles. The number of morpholine rings is 1. The van der Waals surface area contributed by atoms with Crippen LogP contribution in [0.2, 0.25) is 0 Å². The SMILES string of the molecule is CC(=O)Nc1ccc(N2CCc3ccccc3C2)c(C(=O)NCCN2CCOCC2)c1. The smallest absolute Gasteiger partial charge is 0.253 e. The molecule has 0 bridgehead atoms. The van der Waals surface area contributed by atoms with Crippen molar-refractivity contribution in [2.45, 2.75) is 19.9 Å². The Bertz CT molecular complexity index is 940. The summed E-state index contributed by atoms with van der Waals surface area (Å²) in [7, 11) is 0. The fraction of sp³-hybridized carbons (Fsp3) is 0.417. The molecule has 0 radical (unpaired) electrons. The first-order valence-electron chi connectivity index (χ1n) is 10.9. The summed E-state index contributed by atoms with van der Waals surface area (Å²) >= 11 is 0. The van der Waals surface area contributed by atoms with E-state index in [0.717, 1.165) is 58.0 Å². The molecule has 2 aromatic rings. The minimum Gasteiger partial charge on any atom is -0.379 e. The number of ether oxygens (including phenoxy) is 1. The van der Waals surface area contributed by atoms with Crippen LogP contribution >= 0.6 is 0 Å². The zero-order valence-corrected chi connectivity index (χ0v) is 18.0. The molecule has 2 N–H and O–H groups in total. The van der Waals surface area contributed by atoms with Gasteiger partial charge < -0.3 is 20.3 Å². The van der Waals surface area contributed by atoms with E-state index in [1.54, 1.807) is 6.07 Å². The average molecular weight is 423 g/mol. The third kappa shape index (κ3) is 5.42. The van der Waals surface area contributed by atoms with Gasteiger partial charge in [0.25, 0.3) is 5.91 Å². The molecule has 1 saturated heterocycles. The van der Waals surface area contributed by atoms with Crippen LogP contribution < -0.4 is 15.5 Å². The van der Waals surface area contributed by atoms with E-state index in [0.29, 0.717) is 17.8 Å².